The summed E-state index contributed by atoms with van der Waals surface area (Å²) in [7, 11) is 0. The van der Waals surface area contributed by atoms with E-state index in [0.29, 0.717) is 47.1 Å². The van der Waals surface area contributed by atoms with E-state index in [-0.39, 0.29) is 17.2 Å². The second-order valence-electron chi connectivity index (χ2n) is 7.41. The molecule has 1 N–H and O–H groups in total. The van der Waals surface area contributed by atoms with Gasteiger partial charge in [0.2, 0.25) is 0 Å². The standard InChI is InChI=1S/C23H19ClFN5O3/c24-16-12-14(4-5-17(16)25)33-13-19-28-21-15(23(31)29-19)6-7-26-22(21)18-2-1-3-20(27-18)30-8-10-32-11-9-30/h1-7,12H,8-11,13H2,(H,28,29,31). The number of pyridine rings is 2. The van der Waals surface area contributed by atoms with E-state index in [4.69, 9.17) is 26.1 Å². The van der Waals surface area contributed by atoms with Crippen molar-refractivity contribution in [2.24, 2.45) is 0 Å². The number of hydrogen-bond donors (Lipinski definition) is 1. The van der Waals surface area contributed by atoms with Gasteiger partial charge in [-0.15, -0.1) is 0 Å². The zero-order valence-corrected chi connectivity index (χ0v) is 18.2. The molecule has 0 bridgehead atoms. The molecule has 33 heavy (non-hydrogen) atoms. The minimum atomic E-state index is -0.538. The monoisotopic (exact) mass is 467 g/mol. The average Bonchev–Trinajstić information content (AvgIpc) is 2.85. The molecule has 0 atom stereocenters. The molecule has 5 rings (SSSR count). The summed E-state index contributed by atoms with van der Waals surface area (Å²) in [6.07, 6.45) is 1.56. The Hall–Kier alpha value is -3.56. The Labute approximate surface area is 193 Å². The number of fused-ring (bicyclic) bond motifs is 1. The quantitative estimate of drug-likeness (QED) is 0.479. The van der Waals surface area contributed by atoms with Gasteiger partial charge in [-0.2, -0.15) is 0 Å². The van der Waals surface area contributed by atoms with Crippen molar-refractivity contribution < 1.29 is 13.9 Å². The lowest BCUT2D eigenvalue weighted by atomic mass is 10.1. The van der Waals surface area contributed by atoms with Crippen molar-refractivity contribution in [3.63, 3.8) is 0 Å². The number of anilines is 1. The Balaban J connectivity index is 1.49. The lowest BCUT2D eigenvalue weighted by Gasteiger charge is -2.28. The summed E-state index contributed by atoms with van der Waals surface area (Å²) in [4.78, 5) is 31.4. The van der Waals surface area contributed by atoms with E-state index >= 15 is 0 Å². The number of rotatable bonds is 5. The molecule has 1 aliphatic heterocycles. The second kappa shape index (κ2) is 9.13. The molecule has 1 aliphatic rings. The molecule has 0 spiro atoms. The third-order valence-electron chi connectivity index (χ3n) is 5.25. The third-order valence-corrected chi connectivity index (χ3v) is 5.54. The maximum absolute atomic E-state index is 13.4. The van der Waals surface area contributed by atoms with Gasteiger partial charge in [0.15, 0.2) is 0 Å². The predicted molar refractivity (Wildman–Crippen MR) is 122 cm³/mol. The molecule has 4 heterocycles. The van der Waals surface area contributed by atoms with Gasteiger partial charge in [0.1, 0.15) is 41.0 Å². The summed E-state index contributed by atoms with van der Waals surface area (Å²) in [5, 5.41) is 0.345. The van der Waals surface area contributed by atoms with Crippen LogP contribution in [0.5, 0.6) is 5.75 Å². The van der Waals surface area contributed by atoms with E-state index in [9.17, 15) is 9.18 Å². The fourth-order valence-electron chi connectivity index (χ4n) is 3.61. The number of nitrogens with zero attached hydrogens (tertiary/aromatic N) is 4. The molecule has 1 saturated heterocycles. The Morgan fingerprint density at radius 1 is 1.15 bits per heavy atom. The van der Waals surface area contributed by atoms with Crippen LogP contribution in [0.1, 0.15) is 5.82 Å². The van der Waals surface area contributed by atoms with Crippen LogP contribution in [0, 0.1) is 5.82 Å². The third kappa shape index (κ3) is 4.50. The molecule has 0 amide bonds. The van der Waals surface area contributed by atoms with Crippen LogP contribution < -0.4 is 15.2 Å². The van der Waals surface area contributed by atoms with Gasteiger partial charge in [-0.3, -0.25) is 9.78 Å². The first kappa shape index (κ1) is 21.3. The summed E-state index contributed by atoms with van der Waals surface area (Å²) < 4.78 is 24.4. The van der Waals surface area contributed by atoms with Crippen LogP contribution in [0.15, 0.2) is 53.5 Å². The van der Waals surface area contributed by atoms with Crippen LogP contribution in [-0.4, -0.2) is 46.2 Å². The average molecular weight is 468 g/mol. The summed E-state index contributed by atoms with van der Waals surface area (Å²) in [5.41, 5.74) is 1.21. The summed E-state index contributed by atoms with van der Waals surface area (Å²) in [6, 6.07) is 11.3. The second-order valence-corrected chi connectivity index (χ2v) is 7.82. The highest BCUT2D eigenvalue weighted by atomic mass is 35.5. The topological polar surface area (TPSA) is 93.2 Å². The molecule has 0 unspecified atom stereocenters. The Morgan fingerprint density at radius 2 is 2.00 bits per heavy atom. The molecule has 0 saturated carbocycles. The normalized spacial score (nSPS) is 13.9. The number of benzene rings is 1. The minimum Gasteiger partial charge on any atom is -0.486 e. The van der Waals surface area contributed by atoms with E-state index in [1.165, 1.54) is 18.2 Å². The molecule has 10 heteroatoms. The molecule has 4 aromatic rings. The number of aromatic nitrogens is 4. The highest BCUT2D eigenvalue weighted by Gasteiger charge is 2.16. The van der Waals surface area contributed by atoms with Crippen LogP contribution >= 0.6 is 11.6 Å². The van der Waals surface area contributed by atoms with Crippen molar-refractivity contribution in [2.45, 2.75) is 6.61 Å². The SMILES string of the molecule is O=c1[nH]c(COc2ccc(F)c(Cl)c2)nc2c(-c3cccc(N4CCOCC4)n3)nccc12. The molecule has 1 fully saturated rings. The molecule has 168 valence electrons. The number of ether oxygens (including phenoxy) is 2. The first-order valence-electron chi connectivity index (χ1n) is 10.3. The molecule has 3 aromatic heterocycles. The number of H-pyrrole nitrogens is 1. The Bertz CT molecular complexity index is 1370. The lowest BCUT2D eigenvalue weighted by molar-refractivity contribution is 0.122. The van der Waals surface area contributed by atoms with Gasteiger partial charge >= 0.3 is 0 Å². The minimum absolute atomic E-state index is 0.0390. The van der Waals surface area contributed by atoms with Gasteiger partial charge in [0, 0.05) is 25.4 Å². The summed E-state index contributed by atoms with van der Waals surface area (Å²) in [5.74, 6) is 0.932. The Kier molecular flexibility index (Phi) is 5.89. The fourth-order valence-corrected chi connectivity index (χ4v) is 3.78. The number of aromatic amines is 1. The maximum Gasteiger partial charge on any atom is 0.258 e. The van der Waals surface area contributed by atoms with Gasteiger partial charge in [-0.05, 0) is 30.3 Å². The fraction of sp³-hybridized carbons (Fsp3) is 0.217. The van der Waals surface area contributed by atoms with Crippen molar-refractivity contribution >= 4 is 28.3 Å². The summed E-state index contributed by atoms with van der Waals surface area (Å²) >= 11 is 5.80. The van der Waals surface area contributed by atoms with Crippen LogP contribution in [0.2, 0.25) is 5.02 Å². The van der Waals surface area contributed by atoms with Crippen LogP contribution in [0.25, 0.3) is 22.3 Å². The first-order chi connectivity index (χ1) is 16.1. The zero-order chi connectivity index (χ0) is 22.8. The van der Waals surface area contributed by atoms with Gasteiger partial charge in [-0.25, -0.2) is 14.4 Å². The molecule has 0 radical (unpaired) electrons. The highest BCUT2D eigenvalue weighted by molar-refractivity contribution is 6.30. The van der Waals surface area contributed by atoms with Crippen molar-refractivity contribution in [1.29, 1.82) is 0 Å². The van der Waals surface area contributed by atoms with E-state index < -0.39 is 5.82 Å². The van der Waals surface area contributed by atoms with Crippen molar-refractivity contribution in [2.75, 3.05) is 31.2 Å². The molecule has 8 nitrogen and oxygen atoms in total. The predicted octanol–water partition coefficient (Wildman–Crippen LogP) is 3.59. The van der Waals surface area contributed by atoms with E-state index in [1.807, 2.05) is 18.2 Å². The van der Waals surface area contributed by atoms with Crippen LogP contribution in [0.4, 0.5) is 10.2 Å². The van der Waals surface area contributed by atoms with Gasteiger partial charge in [0.05, 0.1) is 29.3 Å². The number of morpholine rings is 1. The van der Waals surface area contributed by atoms with Crippen molar-refractivity contribution in [1.82, 2.24) is 19.9 Å². The maximum atomic E-state index is 13.4. The smallest absolute Gasteiger partial charge is 0.258 e. The van der Waals surface area contributed by atoms with Crippen LogP contribution in [-0.2, 0) is 11.3 Å². The van der Waals surface area contributed by atoms with E-state index in [2.05, 4.69) is 19.9 Å². The number of halogens is 2. The Morgan fingerprint density at radius 3 is 2.82 bits per heavy atom. The van der Waals surface area contributed by atoms with E-state index in [0.717, 1.165) is 18.9 Å². The van der Waals surface area contributed by atoms with Crippen LogP contribution in [0.3, 0.4) is 0 Å². The van der Waals surface area contributed by atoms with Gasteiger partial charge in [-0.1, -0.05) is 17.7 Å². The molecular formula is C23H19ClFN5O3. The lowest BCUT2D eigenvalue weighted by Crippen LogP contribution is -2.36. The summed E-state index contributed by atoms with van der Waals surface area (Å²) in [6.45, 7) is 2.77. The van der Waals surface area contributed by atoms with Gasteiger partial charge < -0.3 is 19.4 Å². The number of nitrogens with one attached hydrogen (secondary N) is 1. The zero-order valence-electron chi connectivity index (χ0n) is 17.4. The van der Waals surface area contributed by atoms with E-state index in [1.54, 1.807) is 12.3 Å². The van der Waals surface area contributed by atoms with Crippen molar-refractivity contribution in [3.8, 4) is 17.1 Å². The molecule has 1 aromatic carbocycles. The molecule has 0 aliphatic carbocycles. The van der Waals surface area contributed by atoms with Crippen molar-refractivity contribution in [3.05, 3.63) is 75.7 Å². The van der Waals surface area contributed by atoms with Gasteiger partial charge in [0.25, 0.3) is 5.56 Å². The molecular weight excluding hydrogens is 449 g/mol. The largest absolute Gasteiger partial charge is 0.486 e. The highest BCUT2D eigenvalue weighted by Crippen LogP contribution is 2.25. The first-order valence-corrected chi connectivity index (χ1v) is 10.7. The number of hydrogen-bond acceptors (Lipinski definition) is 7.